The quantitative estimate of drug-likeness (QED) is 0.713. The minimum atomic E-state index is -0.231. The zero-order chi connectivity index (χ0) is 15.0. The first kappa shape index (κ1) is 16.7. The maximum Gasteiger partial charge on any atom is 0.241 e. The number of nitrogens with one attached hydrogen (secondary N) is 1. The van der Waals surface area contributed by atoms with E-state index in [2.05, 4.69) is 5.32 Å². The van der Waals surface area contributed by atoms with Gasteiger partial charge in [0.15, 0.2) is 0 Å². The van der Waals surface area contributed by atoms with Gasteiger partial charge in [0, 0.05) is 6.54 Å². The number of carbonyl (C=O) groups excluding carboxylic acids is 1. The largest absolute Gasteiger partial charge is 0.354 e. The van der Waals surface area contributed by atoms with Crippen molar-refractivity contribution in [2.24, 2.45) is 5.73 Å². The fraction of sp³-hybridized carbons (Fsp3) is 0.562. The molecule has 0 spiro atoms. The SMILES string of the molecule is Cc1ccc([C@@H](C(=O)NCCCCCN)N(C)C)cc1. The first-order chi connectivity index (χ1) is 9.56. The lowest BCUT2D eigenvalue weighted by atomic mass is 10.0. The van der Waals surface area contributed by atoms with Crippen molar-refractivity contribution in [3.63, 3.8) is 0 Å². The Morgan fingerprint density at radius 3 is 2.40 bits per heavy atom. The van der Waals surface area contributed by atoms with Crippen molar-refractivity contribution >= 4 is 5.91 Å². The van der Waals surface area contributed by atoms with Gasteiger partial charge in [0.25, 0.3) is 0 Å². The summed E-state index contributed by atoms with van der Waals surface area (Å²) in [5, 5.41) is 3.01. The molecule has 1 rings (SSSR count). The van der Waals surface area contributed by atoms with Crippen molar-refractivity contribution in [1.82, 2.24) is 10.2 Å². The van der Waals surface area contributed by atoms with Crippen LogP contribution in [-0.4, -0.2) is 38.0 Å². The van der Waals surface area contributed by atoms with E-state index >= 15 is 0 Å². The molecular weight excluding hydrogens is 250 g/mol. The third-order valence-corrected chi connectivity index (χ3v) is 3.34. The molecule has 0 saturated carbocycles. The molecule has 4 nitrogen and oxygen atoms in total. The fourth-order valence-corrected chi connectivity index (χ4v) is 2.19. The number of likely N-dealkylation sites (N-methyl/N-ethyl adjacent to an activating group) is 1. The van der Waals surface area contributed by atoms with Gasteiger partial charge in [-0.1, -0.05) is 36.2 Å². The zero-order valence-electron chi connectivity index (χ0n) is 12.9. The predicted molar refractivity (Wildman–Crippen MR) is 83.5 cm³/mol. The minimum Gasteiger partial charge on any atom is -0.354 e. The lowest BCUT2D eigenvalue weighted by Gasteiger charge is -2.24. The Morgan fingerprint density at radius 1 is 1.20 bits per heavy atom. The molecule has 0 unspecified atom stereocenters. The average molecular weight is 277 g/mol. The number of rotatable bonds is 8. The highest BCUT2D eigenvalue weighted by Gasteiger charge is 2.22. The molecule has 3 N–H and O–H groups in total. The number of aryl methyl sites for hydroxylation is 1. The van der Waals surface area contributed by atoms with E-state index in [9.17, 15) is 4.79 Å². The normalized spacial score (nSPS) is 12.4. The smallest absolute Gasteiger partial charge is 0.241 e. The summed E-state index contributed by atoms with van der Waals surface area (Å²) in [5.41, 5.74) is 7.68. The van der Waals surface area contributed by atoms with E-state index in [0.29, 0.717) is 0 Å². The summed E-state index contributed by atoms with van der Waals surface area (Å²) in [6.07, 6.45) is 3.07. The summed E-state index contributed by atoms with van der Waals surface area (Å²) < 4.78 is 0. The maximum absolute atomic E-state index is 12.3. The van der Waals surface area contributed by atoms with Crippen LogP contribution in [0.2, 0.25) is 0 Å². The average Bonchev–Trinajstić information content (AvgIpc) is 2.40. The number of hydrogen-bond acceptors (Lipinski definition) is 3. The van der Waals surface area contributed by atoms with Crippen LogP contribution in [0.15, 0.2) is 24.3 Å². The van der Waals surface area contributed by atoms with E-state index in [1.165, 1.54) is 5.56 Å². The Kier molecular flexibility index (Phi) is 7.26. The van der Waals surface area contributed by atoms with Crippen molar-refractivity contribution in [1.29, 1.82) is 0 Å². The molecule has 1 amide bonds. The van der Waals surface area contributed by atoms with E-state index in [0.717, 1.165) is 37.9 Å². The summed E-state index contributed by atoms with van der Waals surface area (Å²) in [6, 6.07) is 7.90. The molecular formula is C16H27N3O. The Bertz CT molecular complexity index is 401. The highest BCUT2D eigenvalue weighted by molar-refractivity contribution is 5.83. The highest BCUT2D eigenvalue weighted by Crippen LogP contribution is 2.18. The molecule has 112 valence electrons. The molecule has 0 fully saturated rings. The number of amides is 1. The first-order valence-electron chi connectivity index (χ1n) is 7.27. The molecule has 0 heterocycles. The van der Waals surface area contributed by atoms with Gasteiger partial charge in [-0.15, -0.1) is 0 Å². The lowest BCUT2D eigenvalue weighted by molar-refractivity contribution is -0.125. The number of benzene rings is 1. The molecule has 0 bridgehead atoms. The van der Waals surface area contributed by atoms with Gasteiger partial charge in [-0.25, -0.2) is 0 Å². The number of carbonyl (C=O) groups is 1. The second-order valence-corrected chi connectivity index (χ2v) is 5.42. The summed E-state index contributed by atoms with van der Waals surface area (Å²) in [6.45, 7) is 3.48. The standard InChI is InChI=1S/C16H27N3O/c1-13-7-9-14(10-8-13)15(19(2)3)16(20)18-12-6-4-5-11-17/h7-10,15H,4-6,11-12,17H2,1-3H3,(H,18,20)/t15-/m0/s1. The van der Waals surface area contributed by atoms with Crippen LogP contribution in [0, 0.1) is 6.92 Å². The van der Waals surface area contributed by atoms with Crippen molar-refractivity contribution in [2.45, 2.75) is 32.2 Å². The van der Waals surface area contributed by atoms with Gasteiger partial charge in [0.05, 0.1) is 0 Å². The summed E-state index contributed by atoms with van der Waals surface area (Å²) >= 11 is 0. The van der Waals surface area contributed by atoms with Gasteiger partial charge < -0.3 is 11.1 Å². The second-order valence-electron chi connectivity index (χ2n) is 5.42. The number of hydrogen-bond donors (Lipinski definition) is 2. The third kappa shape index (κ3) is 5.31. The van der Waals surface area contributed by atoms with Gasteiger partial charge in [0.2, 0.25) is 5.91 Å². The van der Waals surface area contributed by atoms with Crippen LogP contribution >= 0.6 is 0 Å². The van der Waals surface area contributed by atoms with Crippen molar-refractivity contribution in [3.05, 3.63) is 35.4 Å². The minimum absolute atomic E-state index is 0.0617. The number of unbranched alkanes of at least 4 members (excludes halogenated alkanes) is 2. The molecule has 0 aromatic heterocycles. The van der Waals surface area contributed by atoms with Gasteiger partial charge in [-0.2, -0.15) is 0 Å². The summed E-state index contributed by atoms with van der Waals surface area (Å²) in [4.78, 5) is 14.3. The third-order valence-electron chi connectivity index (χ3n) is 3.34. The molecule has 0 aliphatic carbocycles. The molecule has 1 aromatic carbocycles. The maximum atomic E-state index is 12.3. The lowest BCUT2D eigenvalue weighted by Crippen LogP contribution is -2.37. The van der Waals surface area contributed by atoms with Crippen LogP contribution in [0.5, 0.6) is 0 Å². The van der Waals surface area contributed by atoms with Gasteiger partial charge in [0.1, 0.15) is 6.04 Å². The highest BCUT2D eigenvalue weighted by atomic mass is 16.2. The van der Waals surface area contributed by atoms with Gasteiger partial charge in [-0.05, 0) is 46.0 Å². The molecule has 1 atom stereocenters. The fourth-order valence-electron chi connectivity index (χ4n) is 2.19. The molecule has 0 aliphatic rings. The van der Waals surface area contributed by atoms with Crippen LogP contribution in [0.3, 0.4) is 0 Å². The van der Waals surface area contributed by atoms with E-state index in [-0.39, 0.29) is 11.9 Å². The number of nitrogens with zero attached hydrogens (tertiary/aromatic N) is 1. The Hall–Kier alpha value is -1.39. The summed E-state index contributed by atoms with van der Waals surface area (Å²) in [7, 11) is 3.86. The van der Waals surface area contributed by atoms with Gasteiger partial charge >= 0.3 is 0 Å². The van der Waals surface area contributed by atoms with Crippen LogP contribution in [0.25, 0.3) is 0 Å². The topological polar surface area (TPSA) is 58.4 Å². The van der Waals surface area contributed by atoms with Crippen LogP contribution in [0.4, 0.5) is 0 Å². The van der Waals surface area contributed by atoms with Crippen molar-refractivity contribution in [2.75, 3.05) is 27.2 Å². The molecule has 0 saturated heterocycles. The first-order valence-corrected chi connectivity index (χ1v) is 7.27. The monoisotopic (exact) mass is 277 g/mol. The predicted octanol–water partition coefficient (Wildman–Crippen LogP) is 1.84. The molecule has 1 aromatic rings. The van der Waals surface area contributed by atoms with Crippen LogP contribution in [-0.2, 0) is 4.79 Å². The van der Waals surface area contributed by atoms with Crippen LogP contribution in [0.1, 0.15) is 36.4 Å². The van der Waals surface area contributed by atoms with E-state index in [1.54, 1.807) is 0 Å². The van der Waals surface area contributed by atoms with Crippen molar-refractivity contribution in [3.8, 4) is 0 Å². The Labute approximate surface area is 122 Å². The van der Waals surface area contributed by atoms with E-state index in [4.69, 9.17) is 5.73 Å². The van der Waals surface area contributed by atoms with Crippen LogP contribution < -0.4 is 11.1 Å². The van der Waals surface area contributed by atoms with Crippen molar-refractivity contribution < 1.29 is 4.79 Å². The molecule has 20 heavy (non-hydrogen) atoms. The van der Waals surface area contributed by atoms with E-state index in [1.807, 2.05) is 50.2 Å². The Balaban J connectivity index is 2.57. The van der Waals surface area contributed by atoms with E-state index < -0.39 is 0 Å². The molecule has 0 aliphatic heterocycles. The molecule has 0 radical (unpaired) electrons. The second kappa shape index (κ2) is 8.72. The molecule has 4 heteroatoms. The Morgan fingerprint density at radius 2 is 1.85 bits per heavy atom. The number of nitrogens with two attached hydrogens (primary N) is 1. The summed E-state index contributed by atoms with van der Waals surface area (Å²) in [5.74, 6) is 0.0617. The zero-order valence-corrected chi connectivity index (χ0v) is 12.9. The van der Waals surface area contributed by atoms with Gasteiger partial charge in [-0.3, -0.25) is 9.69 Å².